The fourth-order valence-corrected chi connectivity index (χ4v) is 5.56. The van der Waals surface area contributed by atoms with Crippen molar-refractivity contribution >= 4 is 72.9 Å². The van der Waals surface area contributed by atoms with Crippen molar-refractivity contribution in [1.82, 2.24) is 15.3 Å². The molecule has 2 aromatic carbocycles. The highest BCUT2D eigenvalue weighted by Crippen LogP contribution is 2.28. The van der Waals surface area contributed by atoms with E-state index in [1.165, 1.54) is 36.7 Å². The van der Waals surface area contributed by atoms with Gasteiger partial charge in [-0.05, 0) is 42.3 Å². The zero-order valence-corrected chi connectivity index (χ0v) is 22.0. The molecular weight excluding hydrogens is 551 g/mol. The third-order valence-corrected chi connectivity index (χ3v) is 7.43. The number of alkyl halides is 2. The van der Waals surface area contributed by atoms with Crippen LogP contribution in [-0.2, 0) is 19.4 Å². The molecule has 0 fully saturated rings. The van der Waals surface area contributed by atoms with E-state index in [0.717, 1.165) is 0 Å². The number of hydrogen-bond donors (Lipinski definition) is 3. The number of rotatable bonds is 10. The Morgan fingerprint density at radius 2 is 1.73 bits per heavy atom. The van der Waals surface area contributed by atoms with E-state index in [1.807, 2.05) is 5.32 Å². The average molecular weight is 574 g/mol. The van der Waals surface area contributed by atoms with Gasteiger partial charge in [-0.15, -0.1) is 0 Å². The molecule has 2 atom stereocenters. The highest BCUT2D eigenvalue weighted by Gasteiger charge is 2.30. The Balaban J connectivity index is 1.88. The molecule has 1 unspecified atom stereocenters. The number of benzene rings is 2. The van der Waals surface area contributed by atoms with E-state index < -0.39 is 44.9 Å². The van der Waals surface area contributed by atoms with Crippen LogP contribution in [-0.4, -0.2) is 53.4 Å². The minimum atomic E-state index is -3.78. The Hall–Kier alpha value is -3.09. The summed E-state index contributed by atoms with van der Waals surface area (Å²) in [4.78, 5) is 33.1. The molecule has 0 aliphatic rings. The van der Waals surface area contributed by atoms with Crippen molar-refractivity contribution in [3.05, 3.63) is 53.6 Å². The molecule has 3 aromatic rings. The second-order valence-electron chi connectivity index (χ2n) is 8.53. The van der Waals surface area contributed by atoms with Gasteiger partial charge in [-0.1, -0.05) is 37.0 Å². The van der Waals surface area contributed by atoms with Gasteiger partial charge in [-0.2, -0.15) is 0 Å². The number of carbonyl (C=O) groups is 2. The summed E-state index contributed by atoms with van der Waals surface area (Å²) in [5, 5.41) is 7.93. The number of nitrogens with one attached hydrogen (secondary N) is 3. The van der Waals surface area contributed by atoms with Gasteiger partial charge in [0, 0.05) is 16.8 Å². The summed E-state index contributed by atoms with van der Waals surface area (Å²) in [6.45, 7) is 3.37. The summed E-state index contributed by atoms with van der Waals surface area (Å²) in [5.74, 6) is -3.71. The van der Waals surface area contributed by atoms with Gasteiger partial charge in [0.15, 0.2) is 9.84 Å². The first kappa shape index (κ1) is 28.5. The van der Waals surface area contributed by atoms with Crippen molar-refractivity contribution < 1.29 is 26.8 Å². The zero-order chi connectivity index (χ0) is 27.3. The lowest BCUT2D eigenvalue weighted by molar-refractivity contribution is -0.127. The summed E-state index contributed by atoms with van der Waals surface area (Å²) in [6, 6.07) is 7.01. The standard InChI is InChI=1S/C23H23Cl2F2N5O4S/c1-12(2)9-37(35,36)10-19(32-23(34)20(25)27)22(33)31-13-4-6-18-15(7-13)21(29-11-28-18)30-14-3-5-17(26)16(24)8-14/h3-8,11-12,19-20H,9-10H2,1-2H3,(H,31,33)(H,32,34)(H,28,29,30)/t19-,20?/m1/s1. The van der Waals surface area contributed by atoms with Crippen molar-refractivity contribution in [2.24, 2.45) is 5.92 Å². The van der Waals surface area contributed by atoms with Crippen LogP contribution in [0.5, 0.6) is 0 Å². The number of aromatic nitrogens is 2. The molecule has 0 saturated carbocycles. The molecule has 0 spiro atoms. The molecule has 0 aliphatic heterocycles. The van der Waals surface area contributed by atoms with Crippen LogP contribution in [0.1, 0.15) is 13.8 Å². The predicted octanol–water partition coefficient (Wildman–Crippen LogP) is 4.19. The first-order valence-electron chi connectivity index (χ1n) is 10.9. The predicted molar refractivity (Wildman–Crippen MR) is 139 cm³/mol. The highest BCUT2D eigenvalue weighted by molar-refractivity contribution is 7.91. The first-order chi connectivity index (χ1) is 17.3. The molecule has 14 heteroatoms. The minimum absolute atomic E-state index is 0.0933. The van der Waals surface area contributed by atoms with Gasteiger partial charge in [-0.3, -0.25) is 9.59 Å². The molecule has 2 amide bonds. The number of fused-ring (bicyclic) bond motifs is 1. The smallest absolute Gasteiger partial charge is 0.270 e. The van der Waals surface area contributed by atoms with E-state index >= 15 is 0 Å². The first-order valence-corrected chi connectivity index (χ1v) is 13.5. The summed E-state index contributed by atoms with van der Waals surface area (Å²) in [7, 11) is -3.78. The van der Waals surface area contributed by atoms with Crippen molar-refractivity contribution in [3.8, 4) is 0 Å². The van der Waals surface area contributed by atoms with Crippen molar-refractivity contribution in [2.45, 2.75) is 25.5 Å². The Morgan fingerprint density at radius 1 is 1.03 bits per heavy atom. The van der Waals surface area contributed by atoms with Crippen LogP contribution < -0.4 is 16.0 Å². The summed E-state index contributed by atoms with van der Waals surface area (Å²) in [5.41, 5.74) is -1.30. The number of anilines is 3. The average Bonchev–Trinajstić information content (AvgIpc) is 2.80. The number of carbonyl (C=O) groups excluding carboxylic acids is 2. The van der Waals surface area contributed by atoms with Crippen molar-refractivity contribution in [3.63, 3.8) is 0 Å². The fourth-order valence-electron chi connectivity index (χ4n) is 3.42. The van der Waals surface area contributed by atoms with E-state index in [4.69, 9.17) is 23.2 Å². The molecule has 0 aliphatic carbocycles. The lowest BCUT2D eigenvalue weighted by Gasteiger charge is -2.19. The third-order valence-electron chi connectivity index (χ3n) is 4.92. The molecule has 0 radical (unpaired) electrons. The molecule has 0 bridgehead atoms. The Labute approximate surface area is 221 Å². The molecule has 1 aromatic heterocycles. The van der Waals surface area contributed by atoms with Crippen LogP contribution in [0.15, 0.2) is 42.7 Å². The maximum atomic E-state index is 13.5. The van der Waals surface area contributed by atoms with Gasteiger partial charge in [0.05, 0.1) is 22.0 Å². The Bertz CT molecular complexity index is 1420. The lowest BCUT2D eigenvalue weighted by Crippen LogP contribution is -2.50. The maximum Gasteiger partial charge on any atom is 0.270 e. The Morgan fingerprint density at radius 3 is 2.38 bits per heavy atom. The monoisotopic (exact) mass is 573 g/mol. The van der Waals surface area contributed by atoms with E-state index in [1.54, 1.807) is 19.9 Å². The summed E-state index contributed by atoms with van der Waals surface area (Å²) < 4.78 is 51.7. The van der Waals surface area contributed by atoms with E-state index in [0.29, 0.717) is 22.4 Å². The van der Waals surface area contributed by atoms with Crippen LogP contribution in [0, 0.1) is 11.7 Å². The molecule has 9 nitrogen and oxygen atoms in total. The van der Waals surface area contributed by atoms with Crippen LogP contribution in [0.4, 0.5) is 26.0 Å². The molecule has 1 heterocycles. The van der Waals surface area contributed by atoms with Gasteiger partial charge in [0.25, 0.3) is 11.5 Å². The highest BCUT2D eigenvalue weighted by atomic mass is 35.5. The van der Waals surface area contributed by atoms with Crippen molar-refractivity contribution in [1.29, 1.82) is 0 Å². The fraction of sp³-hybridized carbons (Fsp3) is 0.304. The lowest BCUT2D eigenvalue weighted by atomic mass is 10.2. The van der Waals surface area contributed by atoms with Gasteiger partial charge in [-0.25, -0.2) is 27.2 Å². The topological polar surface area (TPSA) is 130 Å². The van der Waals surface area contributed by atoms with Gasteiger partial charge < -0.3 is 16.0 Å². The van der Waals surface area contributed by atoms with Gasteiger partial charge >= 0.3 is 0 Å². The molecular formula is C23H23Cl2F2N5O4S. The summed E-state index contributed by atoms with van der Waals surface area (Å²) >= 11 is 11.0. The molecule has 198 valence electrons. The number of sulfone groups is 1. The number of halogens is 4. The zero-order valence-electron chi connectivity index (χ0n) is 19.6. The number of hydrogen-bond acceptors (Lipinski definition) is 7. The van der Waals surface area contributed by atoms with E-state index in [9.17, 15) is 26.8 Å². The van der Waals surface area contributed by atoms with Crippen LogP contribution in [0.3, 0.4) is 0 Å². The summed E-state index contributed by atoms with van der Waals surface area (Å²) in [6.07, 6.45) is 1.30. The SMILES string of the molecule is CC(C)CS(=O)(=O)C[C@@H](NC(=O)C(F)Cl)C(=O)Nc1ccc2ncnc(Nc3ccc(F)c(Cl)c3)c2c1. The number of amides is 2. The van der Waals surface area contributed by atoms with Crippen LogP contribution in [0.25, 0.3) is 10.9 Å². The third kappa shape index (κ3) is 7.94. The van der Waals surface area contributed by atoms with E-state index in [2.05, 4.69) is 20.6 Å². The van der Waals surface area contributed by atoms with Crippen LogP contribution in [0.2, 0.25) is 5.02 Å². The van der Waals surface area contributed by atoms with Gasteiger partial charge in [0.2, 0.25) is 5.91 Å². The molecule has 3 N–H and O–H groups in total. The van der Waals surface area contributed by atoms with Crippen LogP contribution >= 0.6 is 23.2 Å². The second-order valence-corrected chi connectivity index (χ2v) is 11.5. The quantitative estimate of drug-likeness (QED) is 0.310. The molecule has 0 saturated heterocycles. The van der Waals surface area contributed by atoms with E-state index in [-0.39, 0.29) is 22.4 Å². The van der Waals surface area contributed by atoms with Crippen molar-refractivity contribution in [2.75, 3.05) is 22.1 Å². The maximum absolute atomic E-state index is 13.5. The molecule has 37 heavy (non-hydrogen) atoms. The normalized spacial score (nSPS) is 13.3. The van der Waals surface area contributed by atoms with Gasteiger partial charge in [0.1, 0.15) is 24.0 Å². The molecule has 3 rings (SSSR count). The number of nitrogens with zero attached hydrogens (tertiary/aromatic N) is 2. The Kier molecular flexibility index (Phi) is 9.21. The largest absolute Gasteiger partial charge is 0.340 e. The second kappa shape index (κ2) is 12.0. The minimum Gasteiger partial charge on any atom is -0.340 e.